The lowest BCUT2D eigenvalue weighted by Gasteiger charge is -2.43. The van der Waals surface area contributed by atoms with Crippen LogP contribution in [0.15, 0.2) is 30.3 Å². The van der Waals surface area contributed by atoms with E-state index in [2.05, 4.69) is 20.8 Å². The Labute approximate surface area is 168 Å². The van der Waals surface area contributed by atoms with E-state index in [1.807, 2.05) is 51.1 Å². The largest absolute Gasteiger partial charge is 0.444 e. The lowest BCUT2D eigenvalue weighted by molar-refractivity contribution is -0.106. The van der Waals surface area contributed by atoms with Crippen LogP contribution in [0.2, 0.25) is 0 Å². The standard InChI is InChI=1S/C23H33NO4/c1-21(2,3)28-20(26)24-18-17(15-12-13-23(18,6)22(15,4)5)27-19(24)16(25)14-10-8-7-9-11-14/h7-11,15-19,25H,12-13H2,1-6H3/t15-,16+,17-,18-,19+,23+/m1/s1. The van der Waals surface area contributed by atoms with Gasteiger partial charge in [0.1, 0.15) is 11.7 Å². The molecule has 1 amide bonds. The molecule has 1 saturated heterocycles. The summed E-state index contributed by atoms with van der Waals surface area (Å²) >= 11 is 0. The quantitative estimate of drug-likeness (QED) is 0.811. The molecule has 2 aliphatic carbocycles. The van der Waals surface area contributed by atoms with Crippen LogP contribution in [-0.2, 0) is 9.47 Å². The number of rotatable bonds is 2. The first kappa shape index (κ1) is 19.7. The molecule has 3 fully saturated rings. The number of ether oxygens (including phenoxy) is 2. The van der Waals surface area contributed by atoms with Crippen LogP contribution in [0.1, 0.15) is 66.1 Å². The molecule has 6 atom stereocenters. The Bertz CT molecular complexity index is 756. The number of hydrogen-bond donors (Lipinski definition) is 1. The summed E-state index contributed by atoms with van der Waals surface area (Å²) in [6, 6.07) is 9.35. The van der Waals surface area contributed by atoms with Gasteiger partial charge < -0.3 is 14.6 Å². The molecule has 0 aromatic heterocycles. The van der Waals surface area contributed by atoms with Gasteiger partial charge in [0.05, 0.1) is 12.1 Å². The first-order valence-electron chi connectivity index (χ1n) is 10.4. The Balaban J connectivity index is 1.73. The summed E-state index contributed by atoms with van der Waals surface area (Å²) in [6.45, 7) is 12.5. The molecular formula is C23H33NO4. The molecule has 1 heterocycles. The normalized spacial score (nSPS) is 37.0. The zero-order chi connectivity index (χ0) is 20.5. The maximum atomic E-state index is 13.3. The van der Waals surface area contributed by atoms with Crippen LogP contribution in [0.3, 0.4) is 0 Å². The van der Waals surface area contributed by atoms with E-state index < -0.39 is 24.0 Å². The molecule has 0 spiro atoms. The third kappa shape index (κ3) is 2.70. The van der Waals surface area contributed by atoms with Gasteiger partial charge in [0.25, 0.3) is 0 Å². The van der Waals surface area contributed by atoms with E-state index in [-0.39, 0.29) is 23.0 Å². The van der Waals surface area contributed by atoms with Crippen molar-refractivity contribution < 1.29 is 19.4 Å². The van der Waals surface area contributed by atoms with Crippen LogP contribution >= 0.6 is 0 Å². The summed E-state index contributed by atoms with van der Waals surface area (Å²) in [6.07, 6.45) is 0.0479. The Morgan fingerprint density at radius 3 is 2.50 bits per heavy atom. The van der Waals surface area contributed by atoms with Crippen molar-refractivity contribution in [1.29, 1.82) is 0 Å². The average Bonchev–Trinajstić information content (AvgIpc) is 3.16. The van der Waals surface area contributed by atoms with E-state index in [0.29, 0.717) is 5.92 Å². The van der Waals surface area contributed by atoms with E-state index in [1.54, 1.807) is 4.90 Å². The van der Waals surface area contributed by atoms with E-state index in [9.17, 15) is 9.90 Å². The fourth-order valence-electron chi connectivity index (χ4n) is 5.84. The van der Waals surface area contributed by atoms with Gasteiger partial charge in [-0.05, 0) is 55.9 Å². The minimum atomic E-state index is -0.912. The minimum Gasteiger partial charge on any atom is -0.444 e. The van der Waals surface area contributed by atoms with Gasteiger partial charge in [0.15, 0.2) is 6.23 Å². The fraction of sp³-hybridized carbons (Fsp3) is 0.696. The van der Waals surface area contributed by atoms with Crippen molar-refractivity contribution in [2.75, 3.05) is 0 Å². The molecule has 5 nitrogen and oxygen atoms in total. The van der Waals surface area contributed by atoms with Crippen molar-refractivity contribution in [2.24, 2.45) is 16.7 Å². The monoisotopic (exact) mass is 387 g/mol. The molecular weight excluding hydrogens is 354 g/mol. The molecule has 5 heteroatoms. The van der Waals surface area contributed by atoms with E-state index >= 15 is 0 Å². The first-order valence-corrected chi connectivity index (χ1v) is 10.4. The molecule has 1 aliphatic heterocycles. The van der Waals surface area contributed by atoms with Crippen LogP contribution in [-0.4, -0.2) is 40.1 Å². The molecule has 0 radical (unpaired) electrons. The van der Waals surface area contributed by atoms with Crippen molar-refractivity contribution in [1.82, 2.24) is 4.90 Å². The van der Waals surface area contributed by atoms with Crippen molar-refractivity contribution >= 4 is 6.09 Å². The number of hydrogen-bond acceptors (Lipinski definition) is 4. The van der Waals surface area contributed by atoms with Crippen molar-refractivity contribution in [3.05, 3.63) is 35.9 Å². The number of nitrogens with zero attached hydrogens (tertiary/aromatic N) is 1. The summed E-state index contributed by atoms with van der Waals surface area (Å²) < 4.78 is 12.2. The summed E-state index contributed by atoms with van der Waals surface area (Å²) in [7, 11) is 0. The highest BCUT2D eigenvalue weighted by molar-refractivity contribution is 5.70. The molecule has 0 unspecified atom stereocenters. The Kier molecular flexibility index (Phi) is 4.37. The van der Waals surface area contributed by atoms with E-state index in [1.165, 1.54) is 0 Å². The number of carbonyl (C=O) groups excluding carboxylic acids is 1. The second-order valence-electron chi connectivity index (χ2n) is 10.5. The smallest absolute Gasteiger partial charge is 0.412 e. The Hall–Kier alpha value is -1.59. The van der Waals surface area contributed by atoms with Gasteiger partial charge in [0, 0.05) is 0 Å². The molecule has 154 valence electrons. The molecule has 1 aromatic carbocycles. The average molecular weight is 388 g/mol. The number of benzene rings is 1. The van der Waals surface area contributed by atoms with Crippen molar-refractivity contribution in [2.45, 2.75) is 84.5 Å². The summed E-state index contributed by atoms with van der Waals surface area (Å²) in [4.78, 5) is 15.0. The predicted molar refractivity (Wildman–Crippen MR) is 107 cm³/mol. The van der Waals surface area contributed by atoms with Gasteiger partial charge in [-0.1, -0.05) is 51.1 Å². The lowest BCUT2D eigenvalue weighted by atomic mass is 9.69. The summed E-state index contributed by atoms with van der Waals surface area (Å²) in [5.41, 5.74) is 0.152. The van der Waals surface area contributed by atoms with Crippen LogP contribution in [0.4, 0.5) is 4.79 Å². The molecule has 1 N–H and O–H groups in total. The van der Waals surface area contributed by atoms with Crippen LogP contribution in [0.5, 0.6) is 0 Å². The third-order valence-corrected chi connectivity index (χ3v) is 7.62. The molecule has 3 aliphatic rings. The Morgan fingerprint density at radius 1 is 1.25 bits per heavy atom. The SMILES string of the molecule is CC(C)(C)OC(=O)N1[C@H]([C@@H](O)c2ccccc2)O[C@@H]2[C@H]3CC[C@@](C)([C@@H]21)C3(C)C. The van der Waals surface area contributed by atoms with Crippen molar-refractivity contribution in [3.8, 4) is 0 Å². The van der Waals surface area contributed by atoms with Gasteiger partial charge in [-0.25, -0.2) is 4.79 Å². The van der Waals surface area contributed by atoms with Crippen molar-refractivity contribution in [3.63, 3.8) is 0 Å². The highest BCUT2D eigenvalue weighted by atomic mass is 16.6. The van der Waals surface area contributed by atoms with Gasteiger partial charge in [-0.15, -0.1) is 0 Å². The highest BCUT2D eigenvalue weighted by Crippen LogP contribution is 2.69. The second kappa shape index (κ2) is 6.20. The van der Waals surface area contributed by atoms with Crippen LogP contribution < -0.4 is 0 Å². The molecule has 4 rings (SSSR count). The second-order valence-corrected chi connectivity index (χ2v) is 10.5. The number of carbonyl (C=O) groups is 1. The number of amides is 1. The summed E-state index contributed by atoms with van der Waals surface area (Å²) in [5, 5.41) is 11.1. The van der Waals surface area contributed by atoms with Gasteiger partial charge in [-0.3, -0.25) is 4.90 Å². The lowest BCUT2D eigenvalue weighted by Crippen LogP contribution is -2.54. The highest BCUT2D eigenvalue weighted by Gasteiger charge is 2.73. The van der Waals surface area contributed by atoms with E-state index in [4.69, 9.17) is 9.47 Å². The van der Waals surface area contributed by atoms with Crippen LogP contribution in [0, 0.1) is 16.7 Å². The zero-order valence-electron chi connectivity index (χ0n) is 17.8. The topological polar surface area (TPSA) is 59.0 Å². The first-order chi connectivity index (χ1) is 13.0. The maximum Gasteiger partial charge on any atom is 0.412 e. The minimum absolute atomic E-state index is 0.0651. The number of aliphatic hydroxyl groups excluding tert-OH is 1. The zero-order valence-corrected chi connectivity index (χ0v) is 17.8. The maximum absolute atomic E-state index is 13.3. The van der Waals surface area contributed by atoms with Gasteiger partial charge in [-0.2, -0.15) is 0 Å². The molecule has 1 aromatic rings. The third-order valence-electron chi connectivity index (χ3n) is 7.62. The Morgan fingerprint density at radius 2 is 1.89 bits per heavy atom. The molecule has 28 heavy (non-hydrogen) atoms. The van der Waals surface area contributed by atoms with Gasteiger partial charge in [0.2, 0.25) is 0 Å². The van der Waals surface area contributed by atoms with Crippen LogP contribution in [0.25, 0.3) is 0 Å². The van der Waals surface area contributed by atoms with E-state index in [0.717, 1.165) is 18.4 Å². The number of aliphatic hydroxyl groups is 1. The van der Waals surface area contributed by atoms with Gasteiger partial charge >= 0.3 is 6.09 Å². The molecule has 2 saturated carbocycles. The number of fused-ring (bicyclic) bond motifs is 5. The predicted octanol–water partition coefficient (Wildman–Crippen LogP) is 4.51. The molecule has 2 bridgehead atoms. The fourth-order valence-corrected chi connectivity index (χ4v) is 5.84. The summed E-state index contributed by atoms with van der Waals surface area (Å²) in [5.74, 6) is 0.375.